The van der Waals surface area contributed by atoms with Crippen LogP contribution in [0.5, 0.6) is 0 Å². The fourth-order valence-electron chi connectivity index (χ4n) is 2.76. The van der Waals surface area contributed by atoms with Gasteiger partial charge in [-0.15, -0.1) is 0 Å². The van der Waals surface area contributed by atoms with Gasteiger partial charge in [-0.2, -0.15) is 0 Å². The van der Waals surface area contributed by atoms with Crippen LogP contribution in [-0.4, -0.2) is 24.3 Å². The zero-order valence-electron chi connectivity index (χ0n) is 9.97. The summed E-state index contributed by atoms with van der Waals surface area (Å²) in [4.78, 5) is 0. The molecule has 2 nitrogen and oxygen atoms in total. The first-order valence-corrected chi connectivity index (χ1v) is 6.58. The fraction of sp³-hybridized carbons (Fsp3) is 1.00. The molecule has 1 unspecified atom stereocenters. The molecule has 0 heterocycles. The lowest BCUT2D eigenvalue weighted by atomic mass is 9.66. The summed E-state index contributed by atoms with van der Waals surface area (Å²) in [6, 6.07) is 0.675. The van der Waals surface area contributed by atoms with Crippen molar-refractivity contribution < 1.29 is 5.11 Å². The molecule has 0 amide bonds. The Morgan fingerprint density at radius 3 is 2.60 bits per heavy atom. The first-order valence-electron chi connectivity index (χ1n) is 6.58. The maximum absolute atomic E-state index is 9.06. The molecule has 88 valence electrons. The van der Waals surface area contributed by atoms with Crippen LogP contribution < -0.4 is 5.32 Å². The molecule has 0 saturated heterocycles. The van der Waals surface area contributed by atoms with Crippen LogP contribution in [0.3, 0.4) is 0 Å². The summed E-state index contributed by atoms with van der Waals surface area (Å²) in [6.07, 6.45) is 9.25. The topological polar surface area (TPSA) is 32.3 Å². The van der Waals surface area contributed by atoms with E-state index in [-0.39, 0.29) is 0 Å². The molecule has 0 radical (unpaired) electrons. The zero-order valence-corrected chi connectivity index (χ0v) is 9.97. The van der Waals surface area contributed by atoms with E-state index in [1.807, 2.05) is 0 Å². The van der Waals surface area contributed by atoms with Gasteiger partial charge in [-0.3, -0.25) is 0 Å². The molecule has 2 heteroatoms. The standard InChI is InChI=1S/C13H25NO/c1-11(9-12-3-4-12)14-10-13(7-8-15)5-2-6-13/h11-12,14-15H,2-10H2,1H3. The van der Waals surface area contributed by atoms with Gasteiger partial charge >= 0.3 is 0 Å². The molecule has 0 bridgehead atoms. The smallest absolute Gasteiger partial charge is 0.0436 e. The number of aliphatic hydroxyl groups excluding tert-OH is 1. The third-order valence-corrected chi connectivity index (χ3v) is 4.27. The first kappa shape index (κ1) is 11.4. The SMILES string of the molecule is CC(CC1CC1)NCC1(CCO)CCC1. The van der Waals surface area contributed by atoms with Crippen molar-refractivity contribution in [3.63, 3.8) is 0 Å². The Labute approximate surface area is 93.5 Å². The van der Waals surface area contributed by atoms with E-state index in [1.165, 1.54) is 38.5 Å². The van der Waals surface area contributed by atoms with Crippen LogP contribution in [0.4, 0.5) is 0 Å². The van der Waals surface area contributed by atoms with Crippen molar-refractivity contribution in [1.82, 2.24) is 5.32 Å². The van der Waals surface area contributed by atoms with Crippen LogP contribution in [0.2, 0.25) is 0 Å². The molecule has 2 N–H and O–H groups in total. The molecular weight excluding hydrogens is 186 g/mol. The third kappa shape index (κ3) is 3.18. The number of aliphatic hydroxyl groups is 1. The van der Waals surface area contributed by atoms with Crippen molar-refractivity contribution in [2.75, 3.05) is 13.2 Å². The Bertz CT molecular complexity index is 197. The highest BCUT2D eigenvalue weighted by Crippen LogP contribution is 2.43. The Hall–Kier alpha value is -0.0800. The molecule has 0 aliphatic heterocycles. The molecule has 2 fully saturated rings. The summed E-state index contributed by atoms with van der Waals surface area (Å²) in [5.74, 6) is 1.02. The highest BCUT2D eigenvalue weighted by molar-refractivity contribution is 4.90. The summed E-state index contributed by atoms with van der Waals surface area (Å²) < 4.78 is 0. The summed E-state index contributed by atoms with van der Waals surface area (Å²) in [5.41, 5.74) is 0.451. The van der Waals surface area contributed by atoms with Gasteiger partial charge in [0.25, 0.3) is 0 Å². The predicted octanol–water partition coefficient (Wildman–Crippen LogP) is 2.32. The lowest BCUT2D eigenvalue weighted by molar-refractivity contribution is 0.0827. The minimum Gasteiger partial charge on any atom is -0.396 e. The van der Waals surface area contributed by atoms with Gasteiger partial charge in [0.15, 0.2) is 0 Å². The first-order chi connectivity index (χ1) is 7.24. The van der Waals surface area contributed by atoms with Crippen molar-refractivity contribution in [3.8, 4) is 0 Å². The average molecular weight is 211 g/mol. The van der Waals surface area contributed by atoms with Crippen LogP contribution in [0.15, 0.2) is 0 Å². The van der Waals surface area contributed by atoms with Gasteiger partial charge in [0, 0.05) is 19.2 Å². The Balaban J connectivity index is 1.65. The van der Waals surface area contributed by atoms with E-state index in [0.29, 0.717) is 18.1 Å². The molecular formula is C13H25NO. The van der Waals surface area contributed by atoms with Gasteiger partial charge in [-0.25, -0.2) is 0 Å². The van der Waals surface area contributed by atoms with E-state index < -0.39 is 0 Å². The maximum Gasteiger partial charge on any atom is 0.0436 e. The van der Waals surface area contributed by atoms with E-state index in [9.17, 15) is 0 Å². The van der Waals surface area contributed by atoms with E-state index in [2.05, 4.69) is 12.2 Å². The fourth-order valence-corrected chi connectivity index (χ4v) is 2.76. The summed E-state index contributed by atoms with van der Waals surface area (Å²) in [6.45, 7) is 3.80. The zero-order chi connectivity index (χ0) is 10.7. The maximum atomic E-state index is 9.06. The highest BCUT2D eigenvalue weighted by Gasteiger charge is 2.36. The monoisotopic (exact) mass is 211 g/mol. The molecule has 2 aliphatic rings. The number of nitrogens with one attached hydrogen (secondary N) is 1. The van der Waals surface area contributed by atoms with Gasteiger partial charge in [-0.05, 0) is 43.9 Å². The third-order valence-electron chi connectivity index (χ3n) is 4.27. The van der Waals surface area contributed by atoms with Crippen molar-refractivity contribution in [1.29, 1.82) is 0 Å². The Kier molecular flexibility index (Phi) is 3.68. The van der Waals surface area contributed by atoms with Gasteiger partial charge in [0.05, 0.1) is 0 Å². The summed E-state index contributed by atoms with van der Waals surface area (Å²) in [5, 5.41) is 12.7. The van der Waals surface area contributed by atoms with Crippen LogP contribution in [-0.2, 0) is 0 Å². The quantitative estimate of drug-likeness (QED) is 0.677. The van der Waals surface area contributed by atoms with Crippen LogP contribution in [0.1, 0.15) is 51.9 Å². The second-order valence-corrected chi connectivity index (χ2v) is 5.79. The van der Waals surface area contributed by atoms with E-state index >= 15 is 0 Å². The lowest BCUT2D eigenvalue weighted by Crippen LogP contribution is -2.43. The largest absolute Gasteiger partial charge is 0.396 e. The van der Waals surface area contributed by atoms with Crippen molar-refractivity contribution >= 4 is 0 Å². The van der Waals surface area contributed by atoms with E-state index in [4.69, 9.17) is 5.11 Å². The van der Waals surface area contributed by atoms with Crippen molar-refractivity contribution in [2.45, 2.75) is 57.9 Å². The van der Waals surface area contributed by atoms with Crippen LogP contribution in [0, 0.1) is 11.3 Å². The lowest BCUT2D eigenvalue weighted by Gasteiger charge is -2.42. The number of rotatable bonds is 7. The molecule has 0 aromatic rings. The van der Waals surface area contributed by atoms with Gasteiger partial charge < -0.3 is 10.4 Å². The molecule has 15 heavy (non-hydrogen) atoms. The summed E-state index contributed by atoms with van der Waals surface area (Å²) >= 11 is 0. The minimum atomic E-state index is 0.360. The molecule has 2 aliphatic carbocycles. The van der Waals surface area contributed by atoms with Crippen LogP contribution >= 0.6 is 0 Å². The van der Waals surface area contributed by atoms with Gasteiger partial charge in [0.2, 0.25) is 0 Å². The van der Waals surface area contributed by atoms with E-state index in [1.54, 1.807) is 0 Å². The Morgan fingerprint density at radius 1 is 1.40 bits per heavy atom. The second-order valence-electron chi connectivity index (χ2n) is 5.79. The van der Waals surface area contributed by atoms with Crippen molar-refractivity contribution in [2.24, 2.45) is 11.3 Å². The molecule has 2 rings (SSSR count). The molecule has 0 aromatic carbocycles. The number of hydrogen-bond donors (Lipinski definition) is 2. The normalized spacial score (nSPS) is 26.0. The molecule has 0 aromatic heterocycles. The second kappa shape index (κ2) is 4.84. The van der Waals surface area contributed by atoms with E-state index in [0.717, 1.165) is 18.9 Å². The number of hydrogen-bond acceptors (Lipinski definition) is 2. The molecule has 2 saturated carbocycles. The average Bonchev–Trinajstić information content (AvgIpc) is 2.93. The Morgan fingerprint density at radius 2 is 2.13 bits per heavy atom. The molecule has 0 spiro atoms. The minimum absolute atomic E-state index is 0.360. The van der Waals surface area contributed by atoms with Gasteiger partial charge in [0.1, 0.15) is 0 Å². The molecule has 1 atom stereocenters. The van der Waals surface area contributed by atoms with Gasteiger partial charge in [-0.1, -0.05) is 19.3 Å². The van der Waals surface area contributed by atoms with Crippen molar-refractivity contribution in [3.05, 3.63) is 0 Å². The summed E-state index contributed by atoms with van der Waals surface area (Å²) in [7, 11) is 0. The predicted molar refractivity (Wildman–Crippen MR) is 62.8 cm³/mol. The van der Waals surface area contributed by atoms with Crippen LogP contribution in [0.25, 0.3) is 0 Å². The highest BCUT2D eigenvalue weighted by atomic mass is 16.3.